The molecule has 4 nitrogen and oxygen atoms in total. The molecule has 0 aliphatic rings. The van der Waals surface area contributed by atoms with Gasteiger partial charge in [-0.2, -0.15) is 0 Å². The topological polar surface area (TPSA) is 54.9 Å². The van der Waals surface area contributed by atoms with Gasteiger partial charge in [0.15, 0.2) is 0 Å². The monoisotopic (exact) mass is 365 g/mol. The Kier molecular flexibility index (Phi) is 6.50. The number of nitrogens with one attached hydrogen (secondary N) is 1. The second-order valence-electron chi connectivity index (χ2n) is 6.33. The fourth-order valence-corrected chi connectivity index (χ4v) is 3.62. The Hall–Kier alpha value is -2.53. The molecule has 1 unspecified atom stereocenters. The van der Waals surface area contributed by atoms with E-state index in [1.165, 1.54) is 5.56 Å². The molecule has 0 saturated carbocycles. The number of rotatable bonds is 8. The molecule has 0 radical (unpaired) electrons. The molecular weight excluding hydrogens is 342 g/mol. The Morgan fingerprint density at radius 1 is 1.15 bits per heavy atom. The lowest BCUT2D eigenvalue weighted by Crippen LogP contribution is -2.25. The highest BCUT2D eigenvalue weighted by Gasteiger charge is 2.09. The maximum atomic E-state index is 12.1. The van der Waals surface area contributed by atoms with Crippen LogP contribution in [0.4, 0.5) is 0 Å². The zero-order valence-electron chi connectivity index (χ0n) is 14.9. The van der Waals surface area contributed by atoms with E-state index in [9.17, 15) is 4.79 Å². The van der Waals surface area contributed by atoms with Gasteiger partial charge in [-0.05, 0) is 36.5 Å². The largest absolute Gasteiger partial charge is 0.356 e. The van der Waals surface area contributed by atoms with Gasteiger partial charge in [-0.15, -0.1) is 11.3 Å². The van der Waals surface area contributed by atoms with E-state index in [0.29, 0.717) is 25.3 Å². The van der Waals surface area contributed by atoms with Crippen LogP contribution in [0.2, 0.25) is 0 Å². The van der Waals surface area contributed by atoms with Crippen molar-refractivity contribution in [3.05, 3.63) is 71.5 Å². The third kappa shape index (κ3) is 5.23. The lowest BCUT2D eigenvalue weighted by molar-refractivity contribution is -0.121. The van der Waals surface area contributed by atoms with Gasteiger partial charge in [0.1, 0.15) is 5.01 Å². The molecule has 134 valence electrons. The van der Waals surface area contributed by atoms with Crippen molar-refractivity contribution in [2.45, 2.75) is 32.1 Å². The average Bonchev–Trinajstić information content (AvgIpc) is 3.17. The highest BCUT2D eigenvalue weighted by Crippen LogP contribution is 2.23. The SMILES string of the molecule is CC(CCNC(=O)CCc1csc(-c2ccncc2)n1)c1ccccc1. The summed E-state index contributed by atoms with van der Waals surface area (Å²) >= 11 is 1.60. The second kappa shape index (κ2) is 9.25. The van der Waals surface area contributed by atoms with Gasteiger partial charge in [-0.3, -0.25) is 9.78 Å². The van der Waals surface area contributed by atoms with Crippen LogP contribution >= 0.6 is 11.3 Å². The Morgan fingerprint density at radius 3 is 2.69 bits per heavy atom. The van der Waals surface area contributed by atoms with Crippen molar-refractivity contribution in [1.82, 2.24) is 15.3 Å². The first-order chi connectivity index (χ1) is 12.7. The van der Waals surface area contributed by atoms with Gasteiger partial charge in [0.05, 0.1) is 5.69 Å². The highest BCUT2D eigenvalue weighted by atomic mass is 32.1. The molecule has 1 aromatic carbocycles. The number of pyridine rings is 1. The normalized spacial score (nSPS) is 11.9. The fraction of sp³-hybridized carbons (Fsp3) is 0.286. The fourth-order valence-electron chi connectivity index (χ4n) is 2.76. The van der Waals surface area contributed by atoms with E-state index < -0.39 is 0 Å². The maximum Gasteiger partial charge on any atom is 0.220 e. The molecule has 26 heavy (non-hydrogen) atoms. The van der Waals surface area contributed by atoms with Crippen LogP contribution < -0.4 is 5.32 Å². The van der Waals surface area contributed by atoms with Crippen LogP contribution in [0.3, 0.4) is 0 Å². The van der Waals surface area contributed by atoms with Crippen molar-refractivity contribution < 1.29 is 4.79 Å². The van der Waals surface area contributed by atoms with Gasteiger partial charge in [0, 0.05) is 36.3 Å². The first kappa shape index (κ1) is 18.3. The Balaban J connectivity index is 1.40. The third-order valence-electron chi connectivity index (χ3n) is 4.36. The Labute approximate surface area is 158 Å². The smallest absolute Gasteiger partial charge is 0.220 e. The van der Waals surface area contributed by atoms with E-state index in [2.05, 4.69) is 46.5 Å². The van der Waals surface area contributed by atoms with E-state index >= 15 is 0 Å². The Bertz CT molecular complexity index is 818. The number of aryl methyl sites for hydroxylation is 1. The molecule has 2 heterocycles. The summed E-state index contributed by atoms with van der Waals surface area (Å²) in [4.78, 5) is 20.7. The van der Waals surface area contributed by atoms with Crippen LogP contribution in [0.1, 0.15) is 36.9 Å². The predicted molar refractivity (Wildman–Crippen MR) is 106 cm³/mol. The number of nitrogens with zero attached hydrogens (tertiary/aromatic N) is 2. The molecule has 0 saturated heterocycles. The van der Waals surface area contributed by atoms with Gasteiger partial charge in [0.25, 0.3) is 0 Å². The number of hydrogen-bond donors (Lipinski definition) is 1. The summed E-state index contributed by atoms with van der Waals surface area (Å²) in [5, 5.41) is 6.02. The molecule has 0 aliphatic carbocycles. The summed E-state index contributed by atoms with van der Waals surface area (Å²) in [6.45, 7) is 2.89. The Morgan fingerprint density at radius 2 is 1.92 bits per heavy atom. The molecule has 1 atom stereocenters. The molecule has 3 aromatic rings. The van der Waals surface area contributed by atoms with Gasteiger partial charge in [-0.1, -0.05) is 37.3 Å². The van der Waals surface area contributed by atoms with Crippen LogP contribution in [0.15, 0.2) is 60.2 Å². The molecule has 0 fully saturated rings. The predicted octanol–water partition coefficient (Wildman–Crippen LogP) is 4.45. The van der Waals surface area contributed by atoms with Crippen molar-refractivity contribution in [3.8, 4) is 10.6 Å². The minimum atomic E-state index is 0.0868. The average molecular weight is 366 g/mol. The first-order valence-electron chi connectivity index (χ1n) is 8.89. The first-order valence-corrected chi connectivity index (χ1v) is 9.77. The van der Waals surface area contributed by atoms with E-state index in [1.54, 1.807) is 23.7 Å². The zero-order chi connectivity index (χ0) is 18.2. The summed E-state index contributed by atoms with van der Waals surface area (Å²) in [5.41, 5.74) is 3.35. The summed E-state index contributed by atoms with van der Waals surface area (Å²) in [7, 11) is 0. The zero-order valence-corrected chi connectivity index (χ0v) is 15.7. The number of amides is 1. The third-order valence-corrected chi connectivity index (χ3v) is 5.30. The maximum absolute atomic E-state index is 12.1. The number of thiazole rings is 1. The van der Waals surface area contributed by atoms with Crippen molar-refractivity contribution >= 4 is 17.2 Å². The lowest BCUT2D eigenvalue weighted by atomic mass is 9.98. The van der Waals surface area contributed by atoms with Crippen molar-refractivity contribution in [3.63, 3.8) is 0 Å². The summed E-state index contributed by atoms with van der Waals surface area (Å²) in [6, 6.07) is 14.3. The van der Waals surface area contributed by atoms with Crippen LogP contribution in [0.25, 0.3) is 10.6 Å². The molecular formula is C21H23N3OS. The summed E-state index contributed by atoms with van der Waals surface area (Å²) in [5.74, 6) is 0.529. The van der Waals surface area contributed by atoms with E-state index in [1.807, 2.05) is 23.6 Å². The van der Waals surface area contributed by atoms with Crippen molar-refractivity contribution in [2.24, 2.45) is 0 Å². The molecule has 3 rings (SSSR count). The molecule has 2 aromatic heterocycles. The molecule has 0 aliphatic heterocycles. The molecule has 5 heteroatoms. The minimum absolute atomic E-state index is 0.0868. The number of carbonyl (C=O) groups excluding carboxylic acids is 1. The highest BCUT2D eigenvalue weighted by molar-refractivity contribution is 7.13. The molecule has 0 bridgehead atoms. The van der Waals surface area contributed by atoms with Crippen LogP contribution in [0.5, 0.6) is 0 Å². The summed E-state index contributed by atoms with van der Waals surface area (Å²) < 4.78 is 0. The number of aromatic nitrogens is 2. The minimum Gasteiger partial charge on any atom is -0.356 e. The quantitative estimate of drug-likeness (QED) is 0.642. The summed E-state index contributed by atoms with van der Waals surface area (Å²) in [6.07, 6.45) is 5.61. The molecule has 1 N–H and O–H groups in total. The standard InChI is InChI=1S/C21H23N3OS/c1-16(17-5-3-2-4-6-17)9-14-23-20(25)8-7-19-15-26-21(24-19)18-10-12-22-13-11-18/h2-6,10-13,15-16H,7-9,14H2,1H3,(H,23,25). The lowest BCUT2D eigenvalue weighted by Gasteiger charge is -2.12. The van der Waals surface area contributed by atoms with Gasteiger partial charge in [-0.25, -0.2) is 4.98 Å². The second-order valence-corrected chi connectivity index (χ2v) is 7.19. The number of carbonyl (C=O) groups is 1. The van der Waals surface area contributed by atoms with Crippen LogP contribution in [-0.4, -0.2) is 22.4 Å². The van der Waals surface area contributed by atoms with Gasteiger partial charge < -0.3 is 5.32 Å². The molecule has 1 amide bonds. The van der Waals surface area contributed by atoms with E-state index in [0.717, 1.165) is 22.7 Å². The van der Waals surface area contributed by atoms with Crippen LogP contribution in [0, 0.1) is 0 Å². The van der Waals surface area contributed by atoms with E-state index in [4.69, 9.17) is 0 Å². The number of hydrogen-bond acceptors (Lipinski definition) is 4. The molecule has 0 spiro atoms. The number of benzene rings is 1. The van der Waals surface area contributed by atoms with E-state index in [-0.39, 0.29) is 5.91 Å². The van der Waals surface area contributed by atoms with Gasteiger partial charge >= 0.3 is 0 Å². The van der Waals surface area contributed by atoms with Crippen molar-refractivity contribution in [2.75, 3.05) is 6.54 Å². The van der Waals surface area contributed by atoms with Gasteiger partial charge in [0.2, 0.25) is 5.91 Å². The van der Waals surface area contributed by atoms with Crippen LogP contribution in [-0.2, 0) is 11.2 Å². The van der Waals surface area contributed by atoms with Crippen molar-refractivity contribution in [1.29, 1.82) is 0 Å².